The van der Waals surface area contributed by atoms with Crippen molar-refractivity contribution in [3.8, 4) is 0 Å². The number of carboxylic acid groups (broad SMARTS) is 1. The number of carbonyl (C=O) groups is 4. The van der Waals surface area contributed by atoms with Gasteiger partial charge in [0.2, 0.25) is 0 Å². The molecule has 9 atom stereocenters. The third-order valence-electron chi connectivity index (χ3n) is 9.86. The van der Waals surface area contributed by atoms with E-state index in [1.165, 1.54) is 7.11 Å². The van der Waals surface area contributed by atoms with Crippen LogP contribution in [0.4, 0.5) is 0 Å². The van der Waals surface area contributed by atoms with Crippen molar-refractivity contribution in [1.82, 2.24) is 0 Å². The molecule has 4 aliphatic rings. The molecule has 0 unspecified atom stereocenters. The number of Topliss-reactive ketones (excluding diaryl/α,β-unsaturated/α-hetero) is 1. The second-order valence-electron chi connectivity index (χ2n) is 11.2. The lowest BCUT2D eigenvalue weighted by Gasteiger charge is -2.61. The first-order valence-corrected chi connectivity index (χ1v) is 12.2. The molecule has 0 aromatic rings. The number of rotatable bonds is 5. The van der Waals surface area contributed by atoms with E-state index in [9.17, 15) is 24.3 Å². The maximum atomic E-state index is 13.5. The summed E-state index contributed by atoms with van der Waals surface area (Å²) in [4.78, 5) is 48.7. The summed E-state index contributed by atoms with van der Waals surface area (Å²) in [5.41, 5.74) is -0.793. The Bertz CT molecular complexity index is 838. The van der Waals surface area contributed by atoms with Gasteiger partial charge in [-0.2, -0.15) is 0 Å². The fraction of sp³-hybridized carbons (Fsp3) is 0.840. The molecule has 0 saturated heterocycles. The molecule has 0 radical (unpaired) electrons. The van der Waals surface area contributed by atoms with E-state index in [1.807, 2.05) is 6.92 Å². The van der Waals surface area contributed by atoms with Crippen LogP contribution in [0.3, 0.4) is 0 Å². The number of carboxylic acids is 1. The summed E-state index contributed by atoms with van der Waals surface area (Å²) in [7, 11) is 1.38. The number of aliphatic hydroxyl groups is 1. The first kappa shape index (κ1) is 24.2. The van der Waals surface area contributed by atoms with Crippen LogP contribution < -0.4 is 0 Å². The Morgan fingerprint density at radius 1 is 1.06 bits per heavy atom. The lowest BCUT2D eigenvalue weighted by molar-refractivity contribution is -0.189. The summed E-state index contributed by atoms with van der Waals surface area (Å²) in [6.45, 7) is 4.18. The highest BCUT2D eigenvalue weighted by molar-refractivity contribution is 5.84. The smallest absolute Gasteiger partial charge is 0.309 e. The Labute approximate surface area is 194 Å². The van der Waals surface area contributed by atoms with Crippen molar-refractivity contribution >= 4 is 23.7 Å². The van der Waals surface area contributed by atoms with Crippen LogP contribution in [-0.2, 0) is 28.7 Å². The average molecular weight is 465 g/mol. The highest BCUT2D eigenvalue weighted by Gasteiger charge is 2.66. The van der Waals surface area contributed by atoms with Gasteiger partial charge in [0.15, 0.2) is 0 Å². The molecular formula is C25H36O8. The van der Waals surface area contributed by atoms with E-state index < -0.39 is 23.5 Å². The Hall–Kier alpha value is -1.96. The van der Waals surface area contributed by atoms with Crippen molar-refractivity contribution in [3.05, 3.63) is 0 Å². The lowest BCUT2D eigenvalue weighted by atomic mass is 9.43. The van der Waals surface area contributed by atoms with Gasteiger partial charge in [0.1, 0.15) is 11.9 Å². The van der Waals surface area contributed by atoms with Crippen LogP contribution in [0.2, 0.25) is 0 Å². The van der Waals surface area contributed by atoms with Gasteiger partial charge in [-0.15, -0.1) is 0 Å². The number of aliphatic carboxylic acids is 1. The predicted octanol–water partition coefficient (Wildman–Crippen LogP) is 2.74. The van der Waals surface area contributed by atoms with Crippen LogP contribution >= 0.6 is 0 Å². The number of ether oxygens (including phenoxy) is 2. The van der Waals surface area contributed by atoms with Gasteiger partial charge < -0.3 is 19.7 Å². The molecule has 0 amide bonds. The normalized spacial score (nSPS) is 44.2. The topological polar surface area (TPSA) is 127 Å². The van der Waals surface area contributed by atoms with Crippen LogP contribution in [0.25, 0.3) is 0 Å². The zero-order chi connectivity index (χ0) is 24.1. The molecule has 184 valence electrons. The van der Waals surface area contributed by atoms with Crippen LogP contribution in [0, 0.1) is 40.4 Å². The van der Waals surface area contributed by atoms with Crippen molar-refractivity contribution in [1.29, 1.82) is 0 Å². The molecule has 4 rings (SSSR count). The minimum atomic E-state index is -1.03. The van der Waals surface area contributed by atoms with Gasteiger partial charge in [-0.3, -0.25) is 19.2 Å². The summed E-state index contributed by atoms with van der Waals surface area (Å²) in [5.74, 6) is -2.11. The maximum Gasteiger partial charge on any atom is 0.309 e. The zero-order valence-corrected chi connectivity index (χ0v) is 19.7. The van der Waals surface area contributed by atoms with Gasteiger partial charge in [-0.05, 0) is 61.7 Å². The number of aliphatic hydroxyl groups excluding tert-OH is 1. The molecular weight excluding hydrogens is 428 g/mol. The molecule has 2 N–H and O–H groups in total. The second kappa shape index (κ2) is 8.67. The largest absolute Gasteiger partial charge is 0.481 e. The van der Waals surface area contributed by atoms with Crippen molar-refractivity contribution in [2.75, 3.05) is 7.11 Å². The number of methoxy groups -OCH3 is 1. The van der Waals surface area contributed by atoms with E-state index in [4.69, 9.17) is 14.6 Å². The number of fused-ring (bicyclic) bond motifs is 5. The molecule has 0 heterocycles. The van der Waals surface area contributed by atoms with Crippen LogP contribution in [0.1, 0.15) is 71.6 Å². The molecule has 0 aromatic carbocycles. The SMILES string of the molecule is COC(=O)[C@@H]1CC[C@@H]2[C@@H]3C(=O)C[C@@H]4C[C@H](OC(=O)CCC(=O)O)CC[C@]4(C)[C@@H]3C[C@H](O)[C@]21C. The third-order valence-corrected chi connectivity index (χ3v) is 9.86. The molecule has 0 spiro atoms. The molecule has 8 heteroatoms. The monoisotopic (exact) mass is 464 g/mol. The van der Waals surface area contributed by atoms with Crippen molar-refractivity contribution < 1.29 is 38.9 Å². The van der Waals surface area contributed by atoms with E-state index in [0.717, 1.165) is 12.8 Å². The van der Waals surface area contributed by atoms with Gasteiger partial charge in [0, 0.05) is 17.8 Å². The number of hydrogen-bond acceptors (Lipinski definition) is 7. The van der Waals surface area contributed by atoms with E-state index in [0.29, 0.717) is 32.1 Å². The molecule has 8 nitrogen and oxygen atoms in total. The summed E-state index contributed by atoms with van der Waals surface area (Å²) in [6.07, 6.45) is 2.97. The first-order chi connectivity index (χ1) is 15.5. The van der Waals surface area contributed by atoms with Crippen LogP contribution in [-0.4, -0.2) is 53.2 Å². The summed E-state index contributed by atoms with van der Waals surface area (Å²) >= 11 is 0. The number of ketones is 1. The first-order valence-electron chi connectivity index (χ1n) is 12.2. The molecule has 33 heavy (non-hydrogen) atoms. The molecule has 4 saturated carbocycles. The van der Waals surface area contributed by atoms with E-state index in [1.54, 1.807) is 0 Å². The summed E-state index contributed by atoms with van der Waals surface area (Å²) in [6, 6.07) is 0. The maximum absolute atomic E-state index is 13.5. The van der Waals surface area contributed by atoms with Crippen LogP contribution in [0.5, 0.6) is 0 Å². The highest BCUT2D eigenvalue weighted by atomic mass is 16.5. The number of esters is 2. The standard InChI is InChI=1S/C25H36O8/c1-24-9-8-14(33-21(30)7-6-20(28)29)10-13(24)11-18(26)22-15-4-5-16(23(31)32-3)25(15,2)19(27)12-17(22)24/h13-17,19,22,27H,4-12H2,1-3H3,(H,28,29)/t13-,14+,15+,16-,17+,19-,22-,24-,25+/m0/s1. The third kappa shape index (κ3) is 3.88. The van der Waals surface area contributed by atoms with Gasteiger partial charge in [0.25, 0.3) is 0 Å². The van der Waals surface area contributed by atoms with Gasteiger partial charge in [-0.25, -0.2) is 0 Å². The Kier molecular flexibility index (Phi) is 6.35. The Morgan fingerprint density at radius 2 is 1.79 bits per heavy atom. The number of hydrogen-bond donors (Lipinski definition) is 2. The molecule has 0 aliphatic heterocycles. The molecule has 4 aliphatic carbocycles. The van der Waals surface area contributed by atoms with E-state index in [2.05, 4.69) is 6.92 Å². The highest BCUT2D eigenvalue weighted by Crippen LogP contribution is 2.66. The van der Waals surface area contributed by atoms with Crippen molar-refractivity contribution in [2.24, 2.45) is 40.4 Å². The molecule has 0 aromatic heterocycles. The second-order valence-corrected chi connectivity index (χ2v) is 11.2. The minimum absolute atomic E-state index is 0.0350. The van der Waals surface area contributed by atoms with Crippen molar-refractivity contribution in [2.45, 2.75) is 83.8 Å². The van der Waals surface area contributed by atoms with Gasteiger partial charge in [0.05, 0.1) is 32.0 Å². The average Bonchev–Trinajstić information content (AvgIpc) is 3.12. The Morgan fingerprint density at radius 3 is 2.45 bits per heavy atom. The predicted molar refractivity (Wildman–Crippen MR) is 116 cm³/mol. The van der Waals surface area contributed by atoms with E-state index >= 15 is 0 Å². The van der Waals surface area contributed by atoms with Gasteiger partial charge in [-0.1, -0.05) is 13.8 Å². The molecule has 0 bridgehead atoms. The fourth-order valence-electron chi connectivity index (χ4n) is 7.96. The summed E-state index contributed by atoms with van der Waals surface area (Å²) in [5, 5.41) is 20.1. The van der Waals surface area contributed by atoms with Gasteiger partial charge >= 0.3 is 17.9 Å². The van der Waals surface area contributed by atoms with E-state index in [-0.39, 0.29) is 65.7 Å². The number of carbonyl (C=O) groups excluding carboxylic acids is 3. The van der Waals surface area contributed by atoms with Crippen LogP contribution in [0.15, 0.2) is 0 Å². The summed E-state index contributed by atoms with van der Waals surface area (Å²) < 4.78 is 10.6. The van der Waals surface area contributed by atoms with Crippen molar-refractivity contribution in [3.63, 3.8) is 0 Å². The zero-order valence-electron chi connectivity index (χ0n) is 19.7. The fourth-order valence-corrected chi connectivity index (χ4v) is 7.96. The quantitative estimate of drug-likeness (QED) is 0.595. The minimum Gasteiger partial charge on any atom is -0.481 e. The molecule has 4 fully saturated rings. The Balaban J connectivity index is 1.51. The lowest BCUT2D eigenvalue weighted by Crippen LogP contribution is -2.61.